The van der Waals surface area contributed by atoms with Crippen LogP contribution in [-0.4, -0.2) is 16.2 Å². The van der Waals surface area contributed by atoms with E-state index in [0.29, 0.717) is 0 Å². The molecular formula is C10H12N2OS. The fourth-order valence-corrected chi connectivity index (χ4v) is 2.24. The van der Waals surface area contributed by atoms with Gasteiger partial charge in [-0.15, -0.1) is 0 Å². The summed E-state index contributed by atoms with van der Waals surface area (Å²) in [6.07, 6.45) is 1.79. The Hall–Kier alpha value is -1.13. The molecule has 2 N–H and O–H groups in total. The lowest BCUT2D eigenvalue weighted by atomic mass is 10.2. The second-order valence-corrected chi connectivity index (χ2v) is 4.56. The molecule has 0 saturated carbocycles. The summed E-state index contributed by atoms with van der Waals surface area (Å²) in [6.45, 7) is 2.04. The fourth-order valence-electron chi connectivity index (χ4n) is 1.48. The van der Waals surface area contributed by atoms with Crippen molar-refractivity contribution < 1.29 is 4.21 Å². The topological polar surface area (TPSA) is 44.9 Å². The molecule has 1 aromatic heterocycles. The monoisotopic (exact) mass is 208 g/mol. The van der Waals surface area contributed by atoms with Crippen LogP contribution >= 0.6 is 0 Å². The molecular weight excluding hydrogens is 196 g/mol. The van der Waals surface area contributed by atoms with Gasteiger partial charge in [0, 0.05) is 17.1 Å². The van der Waals surface area contributed by atoms with E-state index in [0.717, 1.165) is 15.8 Å². The Bertz CT molecular complexity index is 490. The van der Waals surface area contributed by atoms with Gasteiger partial charge in [0.05, 0.1) is 4.90 Å². The maximum atomic E-state index is 11.6. The number of hydrogen-bond acceptors (Lipinski definition) is 1. The molecule has 3 nitrogen and oxygen atoms in total. The van der Waals surface area contributed by atoms with Gasteiger partial charge in [-0.1, -0.05) is 12.1 Å². The van der Waals surface area contributed by atoms with E-state index in [9.17, 15) is 4.21 Å². The van der Waals surface area contributed by atoms with Gasteiger partial charge in [0.2, 0.25) is 0 Å². The summed E-state index contributed by atoms with van der Waals surface area (Å²) in [7, 11) is 0.562. The quantitative estimate of drug-likeness (QED) is 0.775. The van der Waals surface area contributed by atoms with E-state index in [2.05, 4.69) is 9.71 Å². The van der Waals surface area contributed by atoms with Crippen LogP contribution in [0.3, 0.4) is 0 Å². The first-order chi connectivity index (χ1) is 6.72. The zero-order chi connectivity index (χ0) is 10.1. The maximum Gasteiger partial charge on any atom is 0.126 e. The average molecular weight is 208 g/mol. The highest BCUT2D eigenvalue weighted by Crippen LogP contribution is 2.21. The second kappa shape index (κ2) is 3.55. The number of nitrogens with one attached hydrogen (secondary N) is 2. The van der Waals surface area contributed by atoms with Crippen LogP contribution in [0, 0.1) is 6.92 Å². The fraction of sp³-hybridized carbons (Fsp3) is 0.200. The van der Waals surface area contributed by atoms with Crippen LogP contribution in [0.15, 0.2) is 29.3 Å². The number of rotatable bonds is 2. The van der Waals surface area contributed by atoms with Crippen LogP contribution in [-0.2, 0) is 11.0 Å². The summed E-state index contributed by atoms with van der Waals surface area (Å²) < 4.78 is 14.3. The van der Waals surface area contributed by atoms with Gasteiger partial charge in [-0.25, -0.2) is 8.93 Å². The summed E-state index contributed by atoms with van der Waals surface area (Å²) in [4.78, 5) is 3.92. The molecule has 0 aliphatic rings. The predicted molar refractivity (Wildman–Crippen MR) is 58.5 cm³/mol. The molecule has 1 aromatic carbocycles. The van der Waals surface area contributed by atoms with E-state index >= 15 is 0 Å². The second-order valence-electron chi connectivity index (χ2n) is 3.17. The molecule has 0 aliphatic carbocycles. The summed E-state index contributed by atoms with van der Waals surface area (Å²) in [5.74, 6) is 0. The van der Waals surface area contributed by atoms with Crippen LogP contribution < -0.4 is 4.72 Å². The number of H-pyrrole nitrogens is 1. The molecule has 0 aliphatic heterocycles. The zero-order valence-electron chi connectivity index (χ0n) is 8.13. The molecule has 0 radical (unpaired) electrons. The first kappa shape index (κ1) is 9.43. The molecule has 1 unspecified atom stereocenters. The Morgan fingerprint density at radius 1 is 1.43 bits per heavy atom. The van der Waals surface area contributed by atoms with Crippen molar-refractivity contribution in [1.82, 2.24) is 9.71 Å². The Balaban J connectivity index is 2.64. The number of hydrogen-bond donors (Lipinski definition) is 2. The van der Waals surface area contributed by atoms with Crippen molar-refractivity contribution in [3.63, 3.8) is 0 Å². The molecule has 0 amide bonds. The lowest BCUT2D eigenvalue weighted by Crippen LogP contribution is -2.09. The molecule has 2 aromatic rings. The van der Waals surface area contributed by atoms with Crippen molar-refractivity contribution in [2.45, 2.75) is 11.8 Å². The first-order valence-electron chi connectivity index (χ1n) is 4.39. The molecule has 0 spiro atoms. The van der Waals surface area contributed by atoms with Gasteiger partial charge in [0.1, 0.15) is 11.0 Å². The summed E-state index contributed by atoms with van der Waals surface area (Å²) in [5, 5.41) is 1.02. The normalized spacial score (nSPS) is 13.3. The third kappa shape index (κ3) is 1.47. The predicted octanol–water partition coefficient (Wildman–Crippen LogP) is 1.72. The van der Waals surface area contributed by atoms with Gasteiger partial charge in [-0.05, 0) is 25.6 Å². The summed E-state index contributed by atoms with van der Waals surface area (Å²) in [5.41, 5.74) is 2.23. The van der Waals surface area contributed by atoms with E-state index in [1.54, 1.807) is 13.2 Å². The molecule has 2 rings (SSSR count). The number of aryl methyl sites for hydroxylation is 1. The lowest BCUT2D eigenvalue weighted by molar-refractivity contribution is 0.678. The van der Waals surface area contributed by atoms with Gasteiger partial charge >= 0.3 is 0 Å². The van der Waals surface area contributed by atoms with Gasteiger partial charge in [-0.2, -0.15) is 0 Å². The summed E-state index contributed by atoms with van der Waals surface area (Å²) >= 11 is 0. The van der Waals surface area contributed by atoms with E-state index in [1.807, 2.05) is 25.1 Å². The third-order valence-corrected chi connectivity index (χ3v) is 3.29. The van der Waals surface area contributed by atoms with E-state index in [-0.39, 0.29) is 0 Å². The molecule has 4 heteroatoms. The van der Waals surface area contributed by atoms with Crippen LogP contribution in [0.1, 0.15) is 5.56 Å². The zero-order valence-corrected chi connectivity index (χ0v) is 8.94. The van der Waals surface area contributed by atoms with Crippen molar-refractivity contribution in [3.8, 4) is 0 Å². The van der Waals surface area contributed by atoms with Crippen LogP contribution in [0.2, 0.25) is 0 Å². The van der Waals surface area contributed by atoms with Crippen molar-refractivity contribution in [2.75, 3.05) is 7.05 Å². The smallest absolute Gasteiger partial charge is 0.126 e. The first-order valence-corrected chi connectivity index (χ1v) is 5.54. The van der Waals surface area contributed by atoms with Gasteiger partial charge in [0.15, 0.2) is 0 Å². The minimum atomic E-state index is -1.12. The van der Waals surface area contributed by atoms with Crippen molar-refractivity contribution in [2.24, 2.45) is 0 Å². The average Bonchev–Trinajstić information content (AvgIpc) is 2.59. The lowest BCUT2D eigenvalue weighted by Gasteiger charge is -1.97. The van der Waals surface area contributed by atoms with Crippen molar-refractivity contribution in [1.29, 1.82) is 0 Å². The van der Waals surface area contributed by atoms with Gasteiger partial charge in [-0.3, -0.25) is 0 Å². The molecule has 0 bridgehead atoms. The SMILES string of the molecule is CNS(=O)c1c[nH]c2cc(C)ccc12. The number of benzene rings is 1. The standard InChI is InChI=1S/C10H12N2OS/c1-7-3-4-8-9(5-7)12-6-10(8)14(13)11-2/h3-6,11-12H,1-2H3. The molecule has 1 heterocycles. The number of fused-ring (bicyclic) bond motifs is 1. The van der Waals surface area contributed by atoms with Crippen LogP contribution in [0.25, 0.3) is 10.9 Å². The van der Waals surface area contributed by atoms with Crippen LogP contribution in [0.5, 0.6) is 0 Å². The van der Waals surface area contributed by atoms with Crippen molar-refractivity contribution in [3.05, 3.63) is 30.0 Å². The molecule has 0 fully saturated rings. The van der Waals surface area contributed by atoms with Gasteiger partial charge < -0.3 is 4.98 Å². The Morgan fingerprint density at radius 2 is 2.21 bits per heavy atom. The highest BCUT2D eigenvalue weighted by atomic mass is 32.2. The van der Waals surface area contributed by atoms with E-state index < -0.39 is 11.0 Å². The van der Waals surface area contributed by atoms with Gasteiger partial charge in [0.25, 0.3) is 0 Å². The third-order valence-electron chi connectivity index (χ3n) is 2.18. The molecule has 1 atom stereocenters. The Labute approximate surface area is 85.1 Å². The number of aromatic amines is 1. The molecule has 14 heavy (non-hydrogen) atoms. The number of aromatic nitrogens is 1. The Kier molecular flexibility index (Phi) is 2.39. The van der Waals surface area contributed by atoms with E-state index in [1.165, 1.54) is 5.56 Å². The van der Waals surface area contributed by atoms with Crippen LogP contribution in [0.4, 0.5) is 0 Å². The molecule has 74 valence electrons. The largest absolute Gasteiger partial charge is 0.360 e. The minimum Gasteiger partial charge on any atom is -0.360 e. The van der Waals surface area contributed by atoms with E-state index in [4.69, 9.17) is 0 Å². The Morgan fingerprint density at radius 3 is 2.93 bits per heavy atom. The maximum absolute atomic E-state index is 11.6. The molecule has 0 saturated heterocycles. The van der Waals surface area contributed by atoms with Crippen molar-refractivity contribution >= 4 is 21.9 Å². The minimum absolute atomic E-state index is 0.808. The highest BCUT2D eigenvalue weighted by Gasteiger charge is 2.08. The summed E-state index contributed by atoms with van der Waals surface area (Å²) in [6, 6.07) is 6.06. The highest BCUT2D eigenvalue weighted by molar-refractivity contribution is 7.83.